The zero-order valence-electron chi connectivity index (χ0n) is 5.55. The summed E-state index contributed by atoms with van der Waals surface area (Å²) in [7, 11) is 0. The highest BCUT2D eigenvalue weighted by Gasteiger charge is 2.45. The molecule has 0 aromatic heterocycles. The van der Waals surface area contributed by atoms with Crippen LogP contribution in [0.3, 0.4) is 0 Å². The summed E-state index contributed by atoms with van der Waals surface area (Å²) in [6.07, 6.45) is 1.88. The first-order valence-corrected chi connectivity index (χ1v) is 3.14. The molecule has 0 radical (unpaired) electrons. The number of carbonyl (C=O) groups is 1. The second-order valence-corrected chi connectivity index (χ2v) is 2.86. The van der Waals surface area contributed by atoms with Crippen molar-refractivity contribution in [2.24, 2.45) is 17.4 Å². The van der Waals surface area contributed by atoms with E-state index in [0.29, 0.717) is 0 Å². The van der Waals surface area contributed by atoms with Crippen molar-refractivity contribution in [3.8, 4) is 0 Å². The number of rotatable bonds is 2. The summed E-state index contributed by atoms with van der Waals surface area (Å²) in [4.78, 5) is 10.5. The highest BCUT2D eigenvalue weighted by atomic mass is 16.1. The normalized spacial score (nSPS) is 25.1. The first-order valence-electron chi connectivity index (χ1n) is 3.14. The Morgan fingerprint density at radius 1 is 1.67 bits per heavy atom. The SMILES string of the molecule is C[C@H](C(N)=O)C1(N)CC1. The van der Waals surface area contributed by atoms with Gasteiger partial charge in [-0.3, -0.25) is 4.79 Å². The monoisotopic (exact) mass is 128 g/mol. The van der Waals surface area contributed by atoms with Gasteiger partial charge in [-0.05, 0) is 12.8 Å². The van der Waals surface area contributed by atoms with Crippen LogP contribution in [0.15, 0.2) is 0 Å². The summed E-state index contributed by atoms with van der Waals surface area (Å²) in [6.45, 7) is 1.79. The molecule has 1 atom stereocenters. The third-order valence-corrected chi connectivity index (χ3v) is 2.12. The van der Waals surface area contributed by atoms with Gasteiger partial charge in [0, 0.05) is 5.54 Å². The molecule has 1 aliphatic carbocycles. The highest BCUT2D eigenvalue weighted by Crippen LogP contribution is 2.39. The summed E-state index contributed by atoms with van der Waals surface area (Å²) < 4.78 is 0. The molecule has 0 heterocycles. The number of hydrogen-bond acceptors (Lipinski definition) is 2. The molecule has 0 unspecified atom stereocenters. The average molecular weight is 128 g/mol. The second-order valence-electron chi connectivity index (χ2n) is 2.86. The van der Waals surface area contributed by atoms with Crippen molar-refractivity contribution in [3.05, 3.63) is 0 Å². The Morgan fingerprint density at radius 3 is 2.22 bits per heavy atom. The van der Waals surface area contributed by atoms with Gasteiger partial charge in [-0.25, -0.2) is 0 Å². The summed E-state index contributed by atoms with van der Waals surface area (Å²) in [5, 5.41) is 0. The van der Waals surface area contributed by atoms with Gasteiger partial charge >= 0.3 is 0 Å². The summed E-state index contributed by atoms with van der Waals surface area (Å²) in [6, 6.07) is 0. The third kappa shape index (κ3) is 1.05. The van der Waals surface area contributed by atoms with Gasteiger partial charge in [0.1, 0.15) is 0 Å². The van der Waals surface area contributed by atoms with Crippen molar-refractivity contribution in [1.82, 2.24) is 0 Å². The lowest BCUT2D eigenvalue weighted by molar-refractivity contribution is -0.122. The van der Waals surface area contributed by atoms with E-state index in [1.807, 2.05) is 0 Å². The minimum atomic E-state index is -0.282. The van der Waals surface area contributed by atoms with Gasteiger partial charge in [0.25, 0.3) is 0 Å². The standard InChI is InChI=1S/C6H12N2O/c1-4(5(7)9)6(8)2-3-6/h4H,2-3,8H2,1H3,(H2,7,9)/t4-/m1/s1. The molecule has 0 saturated heterocycles. The topological polar surface area (TPSA) is 69.1 Å². The second kappa shape index (κ2) is 1.70. The van der Waals surface area contributed by atoms with Crippen LogP contribution in [0.1, 0.15) is 19.8 Å². The van der Waals surface area contributed by atoms with Crippen molar-refractivity contribution in [2.75, 3.05) is 0 Å². The fourth-order valence-electron chi connectivity index (χ4n) is 0.861. The van der Waals surface area contributed by atoms with E-state index in [4.69, 9.17) is 11.5 Å². The fourth-order valence-corrected chi connectivity index (χ4v) is 0.861. The van der Waals surface area contributed by atoms with Gasteiger partial charge in [-0.1, -0.05) is 6.92 Å². The van der Waals surface area contributed by atoms with Crippen LogP contribution in [0.25, 0.3) is 0 Å². The Bertz CT molecular complexity index is 140. The van der Waals surface area contributed by atoms with Crippen molar-refractivity contribution >= 4 is 5.91 Å². The number of amides is 1. The van der Waals surface area contributed by atoms with E-state index in [1.54, 1.807) is 6.92 Å². The summed E-state index contributed by atoms with van der Waals surface area (Å²) >= 11 is 0. The molecule has 1 saturated carbocycles. The van der Waals surface area contributed by atoms with E-state index >= 15 is 0 Å². The molecule has 0 bridgehead atoms. The molecule has 0 aromatic carbocycles. The molecular formula is C6H12N2O. The number of nitrogens with two attached hydrogens (primary N) is 2. The smallest absolute Gasteiger partial charge is 0.222 e. The number of carbonyl (C=O) groups excluding carboxylic acids is 1. The maximum absolute atomic E-state index is 10.5. The Hall–Kier alpha value is -0.570. The predicted molar refractivity (Wildman–Crippen MR) is 34.5 cm³/mol. The largest absolute Gasteiger partial charge is 0.369 e. The van der Waals surface area contributed by atoms with Gasteiger partial charge in [0.15, 0.2) is 0 Å². The van der Waals surface area contributed by atoms with Gasteiger partial charge in [0.05, 0.1) is 5.92 Å². The average Bonchev–Trinajstić information content (AvgIpc) is 2.47. The van der Waals surface area contributed by atoms with Crippen molar-refractivity contribution in [3.63, 3.8) is 0 Å². The van der Waals surface area contributed by atoms with E-state index in [-0.39, 0.29) is 17.4 Å². The van der Waals surface area contributed by atoms with Crippen LogP contribution in [-0.4, -0.2) is 11.4 Å². The molecule has 0 spiro atoms. The van der Waals surface area contributed by atoms with Crippen LogP contribution in [-0.2, 0) is 4.79 Å². The summed E-state index contributed by atoms with van der Waals surface area (Å²) in [5.74, 6) is -0.438. The first-order chi connectivity index (χ1) is 4.06. The Morgan fingerprint density at radius 2 is 2.11 bits per heavy atom. The maximum atomic E-state index is 10.5. The van der Waals surface area contributed by atoms with Crippen molar-refractivity contribution in [2.45, 2.75) is 25.3 Å². The first kappa shape index (κ1) is 6.55. The molecule has 3 heteroatoms. The van der Waals surface area contributed by atoms with Gasteiger partial charge in [-0.2, -0.15) is 0 Å². The third-order valence-electron chi connectivity index (χ3n) is 2.12. The van der Waals surface area contributed by atoms with E-state index in [0.717, 1.165) is 12.8 Å². The lowest BCUT2D eigenvalue weighted by Gasteiger charge is -2.13. The van der Waals surface area contributed by atoms with E-state index in [1.165, 1.54) is 0 Å². The van der Waals surface area contributed by atoms with Crippen LogP contribution in [0, 0.1) is 5.92 Å². The maximum Gasteiger partial charge on any atom is 0.222 e. The van der Waals surface area contributed by atoms with E-state index in [9.17, 15) is 4.79 Å². The molecule has 3 nitrogen and oxygen atoms in total. The van der Waals surface area contributed by atoms with Gasteiger partial charge < -0.3 is 11.5 Å². The minimum Gasteiger partial charge on any atom is -0.369 e. The van der Waals surface area contributed by atoms with E-state index in [2.05, 4.69) is 0 Å². The lowest BCUT2D eigenvalue weighted by Crippen LogP contribution is -2.39. The molecule has 4 N–H and O–H groups in total. The van der Waals surface area contributed by atoms with Crippen LogP contribution in [0.5, 0.6) is 0 Å². The van der Waals surface area contributed by atoms with Crippen LogP contribution in [0.2, 0.25) is 0 Å². The van der Waals surface area contributed by atoms with Crippen LogP contribution in [0.4, 0.5) is 0 Å². The van der Waals surface area contributed by atoms with Crippen LogP contribution >= 0.6 is 0 Å². The fraction of sp³-hybridized carbons (Fsp3) is 0.833. The molecule has 1 aliphatic rings. The number of primary amides is 1. The van der Waals surface area contributed by atoms with Crippen LogP contribution < -0.4 is 11.5 Å². The predicted octanol–water partition coefficient (Wildman–Crippen LogP) is -0.401. The zero-order valence-corrected chi connectivity index (χ0v) is 5.55. The van der Waals surface area contributed by atoms with E-state index < -0.39 is 0 Å². The highest BCUT2D eigenvalue weighted by molar-refractivity contribution is 5.78. The summed E-state index contributed by atoms with van der Waals surface area (Å²) in [5.41, 5.74) is 10.5. The molecule has 0 aromatic rings. The molecule has 1 amide bonds. The van der Waals surface area contributed by atoms with Crippen molar-refractivity contribution < 1.29 is 4.79 Å². The minimum absolute atomic E-state index is 0.155. The van der Waals surface area contributed by atoms with Gasteiger partial charge in [-0.15, -0.1) is 0 Å². The Kier molecular flexibility index (Phi) is 1.24. The zero-order chi connectivity index (χ0) is 7.07. The molecule has 52 valence electrons. The van der Waals surface area contributed by atoms with Gasteiger partial charge in [0.2, 0.25) is 5.91 Å². The lowest BCUT2D eigenvalue weighted by atomic mass is 10.0. The molecule has 9 heavy (non-hydrogen) atoms. The molecule has 1 fully saturated rings. The number of hydrogen-bond donors (Lipinski definition) is 2. The quantitative estimate of drug-likeness (QED) is 0.531. The molecule has 0 aliphatic heterocycles. The Labute approximate surface area is 54.4 Å². The van der Waals surface area contributed by atoms with Crippen molar-refractivity contribution in [1.29, 1.82) is 0 Å². The molecular weight excluding hydrogens is 116 g/mol. The molecule has 1 rings (SSSR count). The Balaban J connectivity index is 2.52.